The van der Waals surface area contributed by atoms with E-state index in [1.807, 2.05) is 55.5 Å². The van der Waals surface area contributed by atoms with Gasteiger partial charge in [-0.2, -0.15) is 0 Å². The fourth-order valence-corrected chi connectivity index (χ4v) is 3.96. The van der Waals surface area contributed by atoms with Crippen LogP contribution in [0.2, 0.25) is 0 Å². The highest BCUT2D eigenvalue weighted by Crippen LogP contribution is 2.44. The zero-order chi connectivity index (χ0) is 19.7. The molecule has 5 nitrogen and oxygen atoms in total. The lowest BCUT2D eigenvalue weighted by Crippen LogP contribution is -2.37. The van der Waals surface area contributed by atoms with Crippen LogP contribution in [0.3, 0.4) is 0 Å². The van der Waals surface area contributed by atoms with E-state index in [1.54, 1.807) is 4.90 Å². The summed E-state index contributed by atoms with van der Waals surface area (Å²) in [5.74, 6) is -0.0481. The van der Waals surface area contributed by atoms with Crippen LogP contribution in [0.25, 0.3) is 0 Å². The second kappa shape index (κ2) is 7.50. The van der Waals surface area contributed by atoms with E-state index >= 15 is 0 Å². The summed E-state index contributed by atoms with van der Waals surface area (Å²) in [5, 5.41) is 0. The Kier molecular flexibility index (Phi) is 4.90. The third-order valence-corrected chi connectivity index (χ3v) is 5.31. The van der Waals surface area contributed by atoms with E-state index in [0.717, 1.165) is 17.7 Å². The van der Waals surface area contributed by atoms with E-state index in [4.69, 9.17) is 9.47 Å². The summed E-state index contributed by atoms with van der Waals surface area (Å²) in [6.45, 7) is 4.64. The Bertz CT molecular complexity index is 945. The Morgan fingerprint density at radius 3 is 2.54 bits per heavy atom. The Morgan fingerprint density at radius 1 is 1.07 bits per heavy atom. The minimum atomic E-state index is -0.355. The Morgan fingerprint density at radius 2 is 1.82 bits per heavy atom. The number of para-hydroxylation sites is 1. The molecule has 144 valence electrons. The highest BCUT2D eigenvalue weighted by atomic mass is 16.5. The van der Waals surface area contributed by atoms with Crippen molar-refractivity contribution < 1.29 is 19.1 Å². The number of rotatable bonds is 5. The van der Waals surface area contributed by atoms with E-state index in [1.165, 1.54) is 5.56 Å². The van der Waals surface area contributed by atoms with Gasteiger partial charge in [0.25, 0.3) is 0 Å². The first-order valence-electron chi connectivity index (χ1n) is 9.67. The number of ether oxygens (including phenoxy) is 2. The first-order valence-corrected chi connectivity index (χ1v) is 9.67. The van der Waals surface area contributed by atoms with Gasteiger partial charge in [0, 0.05) is 23.6 Å². The van der Waals surface area contributed by atoms with Crippen LogP contribution in [0, 0.1) is 0 Å². The monoisotopic (exact) mass is 377 g/mol. The van der Waals surface area contributed by atoms with Crippen molar-refractivity contribution in [3.05, 3.63) is 70.9 Å². The second-order valence-electron chi connectivity index (χ2n) is 6.91. The fraction of sp³-hybridized carbons (Fsp3) is 0.304. The van der Waals surface area contributed by atoms with Crippen molar-refractivity contribution in [2.75, 3.05) is 18.1 Å². The lowest BCUT2D eigenvalue weighted by Gasteiger charge is -2.32. The predicted molar refractivity (Wildman–Crippen MR) is 106 cm³/mol. The third-order valence-electron chi connectivity index (χ3n) is 5.31. The molecule has 2 aliphatic heterocycles. The van der Waals surface area contributed by atoms with E-state index in [9.17, 15) is 9.59 Å². The number of carbonyl (C=O) groups excluding carboxylic acids is 2. The molecular formula is C23H23NO4. The molecule has 1 amide bonds. The maximum Gasteiger partial charge on any atom is 0.336 e. The molecule has 0 bridgehead atoms. The predicted octanol–water partition coefficient (Wildman–Crippen LogP) is 3.98. The number of carbonyl (C=O) groups is 2. The number of aryl methyl sites for hydroxylation is 1. The highest BCUT2D eigenvalue weighted by molar-refractivity contribution is 6.06. The van der Waals surface area contributed by atoms with Gasteiger partial charge in [0.2, 0.25) is 5.91 Å². The Labute approximate surface area is 164 Å². The molecule has 0 aliphatic carbocycles. The van der Waals surface area contributed by atoms with Gasteiger partial charge in [-0.05, 0) is 37.1 Å². The molecule has 2 aliphatic rings. The van der Waals surface area contributed by atoms with Gasteiger partial charge >= 0.3 is 5.97 Å². The van der Waals surface area contributed by atoms with Gasteiger partial charge in [0.15, 0.2) is 0 Å². The number of amides is 1. The SMILES string of the molecule is CCOc1ccccc1[C@H]1CC(=O)N(c2ccc(CC)cc2)C2=C1C(=O)OC2. The third kappa shape index (κ3) is 3.07. The molecule has 2 aromatic rings. The Hall–Kier alpha value is -3.08. The summed E-state index contributed by atoms with van der Waals surface area (Å²) in [4.78, 5) is 27.4. The maximum atomic E-state index is 13.1. The summed E-state index contributed by atoms with van der Waals surface area (Å²) in [6, 6.07) is 15.5. The molecule has 28 heavy (non-hydrogen) atoms. The van der Waals surface area contributed by atoms with Gasteiger partial charge in [0.1, 0.15) is 12.4 Å². The smallest absolute Gasteiger partial charge is 0.336 e. The van der Waals surface area contributed by atoms with Crippen molar-refractivity contribution in [3.63, 3.8) is 0 Å². The van der Waals surface area contributed by atoms with Crippen molar-refractivity contribution in [2.45, 2.75) is 32.6 Å². The van der Waals surface area contributed by atoms with Crippen LogP contribution in [0.1, 0.15) is 37.3 Å². The topological polar surface area (TPSA) is 55.8 Å². The first kappa shape index (κ1) is 18.3. The van der Waals surface area contributed by atoms with Crippen molar-refractivity contribution in [1.82, 2.24) is 0 Å². The molecule has 2 heterocycles. The van der Waals surface area contributed by atoms with Crippen LogP contribution < -0.4 is 9.64 Å². The van der Waals surface area contributed by atoms with Gasteiger partial charge in [-0.1, -0.05) is 37.3 Å². The Balaban J connectivity index is 1.80. The lowest BCUT2D eigenvalue weighted by atomic mass is 9.83. The first-order chi connectivity index (χ1) is 13.6. The van der Waals surface area contributed by atoms with E-state index in [2.05, 4.69) is 6.92 Å². The van der Waals surface area contributed by atoms with Gasteiger partial charge < -0.3 is 9.47 Å². The standard InChI is InChI=1S/C23H23NO4/c1-3-15-9-11-16(12-10-15)24-19-14-28-23(26)22(19)18(13-21(24)25)17-7-5-6-8-20(17)27-4-2/h5-12,18H,3-4,13-14H2,1-2H3/t18-/m1/s1. The van der Waals surface area contributed by atoms with Crippen molar-refractivity contribution in [3.8, 4) is 5.75 Å². The highest BCUT2D eigenvalue weighted by Gasteiger charge is 2.43. The zero-order valence-electron chi connectivity index (χ0n) is 16.1. The van der Waals surface area contributed by atoms with Crippen molar-refractivity contribution >= 4 is 17.6 Å². The van der Waals surface area contributed by atoms with E-state index in [-0.39, 0.29) is 30.8 Å². The molecule has 5 heteroatoms. The molecule has 0 aromatic heterocycles. The average molecular weight is 377 g/mol. The molecule has 0 spiro atoms. The largest absolute Gasteiger partial charge is 0.494 e. The number of hydrogen-bond acceptors (Lipinski definition) is 4. The van der Waals surface area contributed by atoms with Gasteiger partial charge in [-0.3, -0.25) is 9.69 Å². The maximum absolute atomic E-state index is 13.1. The molecule has 0 radical (unpaired) electrons. The second-order valence-corrected chi connectivity index (χ2v) is 6.91. The summed E-state index contributed by atoms with van der Waals surface area (Å²) < 4.78 is 11.1. The van der Waals surface area contributed by atoms with E-state index < -0.39 is 0 Å². The molecule has 0 saturated carbocycles. The molecule has 4 rings (SSSR count). The number of hydrogen-bond donors (Lipinski definition) is 0. The van der Waals surface area contributed by atoms with Crippen LogP contribution in [0.4, 0.5) is 5.69 Å². The summed E-state index contributed by atoms with van der Waals surface area (Å²) >= 11 is 0. The quantitative estimate of drug-likeness (QED) is 0.740. The number of cyclic esters (lactones) is 1. The molecule has 0 saturated heterocycles. The van der Waals surface area contributed by atoms with Crippen molar-refractivity contribution in [2.24, 2.45) is 0 Å². The molecule has 0 N–H and O–H groups in total. The molecule has 0 unspecified atom stereocenters. The van der Waals surface area contributed by atoms with Gasteiger partial charge in [0.05, 0.1) is 17.9 Å². The minimum absolute atomic E-state index is 0.0439. The molecular weight excluding hydrogens is 354 g/mol. The summed E-state index contributed by atoms with van der Waals surface area (Å²) in [6.07, 6.45) is 1.13. The molecule has 2 aromatic carbocycles. The summed E-state index contributed by atoms with van der Waals surface area (Å²) in [5.41, 5.74) is 4.02. The lowest BCUT2D eigenvalue weighted by molar-refractivity contribution is -0.136. The molecule has 0 fully saturated rings. The van der Waals surface area contributed by atoms with Gasteiger partial charge in [-0.15, -0.1) is 0 Å². The van der Waals surface area contributed by atoms with Crippen LogP contribution >= 0.6 is 0 Å². The van der Waals surface area contributed by atoms with E-state index in [0.29, 0.717) is 23.6 Å². The number of nitrogens with zero attached hydrogens (tertiary/aromatic N) is 1. The fourth-order valence-electron chi connectivity index (χ4n) is 3.96. The number of benzene rings is 2. The normalized spacial score (nSPS) is 18.9. The minimum Gasteiger partial charge on any atom is -0.494 e. The zero-order valence-corrected chi connectivity index (χ0v) is 16.1. The van der Waals surface area contributed by atoms with Crippen LogP contribution in [0.15, 0.2) is 59.8 Å². The average Bonchev–Trinajstić information content (AvgIpc) is 3.10. The van der Waals surface area contributed by atoms with Crippen LogP contribution in [-0.2, 0) is 20.7 Å². The van der Waals surface area contributed by atoms with Crippen LogP contribution in [0.5, 0.6) is 5.75 Å². The molecule has 1 atom stereocenters. The summed E-state index contributed by atoms with van der Waals surface area (Å²) in [7, 11) is 0. The number of esters is 1. The van der Waals surface area contributed by atoms with Gasteiger partial charge in [-0.25, -0.2) is 4.79 Å². The van der Waals surface area contributed by atoms with Crippen LogP contribution in [-0.4, -0.2) is 25.1 Å². The van der Waals surface area contributed by atoms with Crippen molar-refractivity contribution in [1.29, 1.82) is 0 Å². The number of anilines is 1.